The van der Waals surface area contributed by atoms with Gasteiger partial charge in [0.25, 0.3) is 0 Å². The van der Waals surface area contributed by atoms with Crippen LogP contribution in [0.25, 0.3) is 0 Å². The van der Waals surface area contributed by atoms with Gasteiger partial charge in [-0.1, -0.05) is 0 Å². The Kier molecular flexibility index (Phi) is 4.86. The van der Waals surface area contributed by atoms with Crippen LogP contribution < -0.4 is 11.3 Å². The van der Waals surface area contributed by atoms with Crippen LogP contribution >= 0.6 is 0 Å². The van der Waals surface area contributed by atoms with Gasteiger partial charge in [-0.2, -0.15) is 0 Å². The highest BCUT2D eigenvalue weighted by Crippen LogP contribution is 2.19. The van der Waals surface area contributed by atoms with Crippen LogP contribution in [0.5, 0.6) is 0 Å². The molecule has 1 aliphatic heterocycles. The molecule has 0 radical (unpaired) electrons. The van der Waals surface area contributed by atoms with Gasteiger partial charge in [-0.3, -0.25) is 4.99 Å². The molecule has 0 bridgehead atoms. The number of nitrogens with zero attached hydrogens (tertiary/aromatic N) is 1. The lowest BCUT2D eigenvalue weighted by Gasteiger charge is -2.11. The minimum Gasteiger partial charge on any atom is -0.383 e. The van der Waals surface area contributed by atoms with Crippen molar-refractivity contribution in [2.45, 2.75) is 19.4 Å². The Morgan fingerprint density at radius 1 is 1.71 bits per heavy atom. The van der Waals surface area contributed by atoms with E-state index in [0.29, 0.717) is 31.8 Å². The lowest BCUT2D eigenvalue weighted by atomic mass is 10.1. The standard InChI is InChI=1S/C9H19N3O2/c1-7-5-8(6-14-7)9(12-10)11-3-4-13-2/h7-8H,3-6,10H2,1-2H3,(H,11,12). The van der Waals surface area contributed by atoms with E-state index in [0.717, 1.165) is 12.3 Å². The number of ether oxygens (including phenoxy) is 2. The van der Waals surface area contributed by atoms with Crippen molar-refractivity contribution in [1.29, 1.82) is 0 Å². The molecular formula is C9H19N3O2. The predicted molar refractivity (Wildman–Crippen MR) is 55.0 cm³/mol. The van der Waals surface area contributed by atoms with E-state index in [1.54, 1.807) is 7.11 Å². The van der Waals surface area contributed by atoms with Crippen LogP contribution in [0.4, 0.5) is 0 Å². The third-order valence-electron chi connectivity index (χ3n) is 2.31. The fourth-order valence-electron chi connectivity index (χ4n) is 1.56. The Bertz CT molecular complexity index is 196. The summed E-state index contributed by atoms with van der Waals surface area (Å²) in [6.07, 6.45) is 1.29. The minimum absolute atomic E-state index is 0.306. The maximum absolute atomic E-state index is 5.45. The van der Waals surface area contributed by atoms with E-state index in [2.05, 4.69) is 17.3 Å². The lowest BCUT2D eigenvalue weighted by Crippen LogP contribution is -2.37. The molecule has 1 heterocycles. The Morgan fingerprint density at radius 2 is 2.50 bits per heavy atom. The second-order valence-corrected chi connectivity index (χ2v) is 3.48. The molecule has 5 heteroatoms. The Morgan fingerprint density at radius 3 is 3.00 bits per heavy atom. The smallest absolute Gasteiger partial charge is 0.116 e. The third-order valence-corrected chi connectivity index (χ3v) is 2.31. The molecule has 82 valence electrons. The van der Waals surface area contributed by atoms with Crippen molar-refractivity contribution in [3.63, 3.8) is 0 Å². The van der Waals surface area contributed by atoms with Crippen LogP contribution in [-0.4, -0.2) is 38.8 Å². The normalized spacial score (nSPS) is 28.1. The first-order valence-electron chi connectivity index (χ1n) is 4.89. The Hall–Kier alpha value is -0.650. The molecule has 2 unspecified atom stereocenters. The number of methoxy groups -OCH3 is 1. The van der Waals surface area contributed by atoms with E-state index >= 15 is 0 Å². The first-order valence-corrected chi connectivity index (χ1v) is 4.89. The predicted octanol–water partition coefficient (Wildman–Crippen LogP) is -0.0804. The molecule has 0 aromatic heterocycles. The molecule has 1 fully saturated rings. The van der Waals surface area contributed by atoms with Crippen molar-refractivity contribution in [1.82, 2.24) is 5.43 Å². The van der Waals surface area contributed by atoms with Crippen molar-refractivity contribution in [2.24, 2.45) is 16.8 Å². The maximum Gasteiger partial charge on any atom is 0.116 e. The minimum atomic E-state index is 0.306. The fraction of sp³-hybridized carbons (Fsp3) is 0.889. The molecule has 0 saturated carbocycles. The molecule has 3 N–H and O–H groups in total. The van der Waals surface area contributed by atoms with Crippen LogP contribution in [0.1, 0.15) is 13.3 Å². The highest BCUT2D eigenvalue weighted by Gasteiger charge is 2.25. The van der Waals surface area contributed by atoms with E-state index in [-0.39, 0.29) is 0 Å². The van der Waals surface area contributed by atoms with Gasteiger partial charge in [0.1, 0.15) is 5.84 Å². The molecule has 0 aromatic carbocycles. The summed E-state index contributed by atoms with van der Waals surface area (Å²) in [5, 5.41) is 0. The van der Waals surface area contributed by atoms with Crippen molar-refractivity contribution < 1.29 is 9.47 Å². The summed E-state index contributed by atoms with van der Waals surface area (Å²) in [7, 11) is 1.66. The van der Waals surface area contributed by atoms with E-state index in [4.69, 9.17) is 15.3 Å². The van der Waals surface area contributed by atoms with Crippen molar-refractivity contribution in [3.05, 3.63) is 0 Å². The molecule has 0 aliphatic carbocycles. The van der Waals surface area contributed by atoms with E-state index in [1.165, 1.54) is 0 Å². The van der Waals surface area contributed by atoms with Gasteiger partial charge in [-0.25, -0.2) is 5.84 Å². The van der Waals surface area contributed by atoms with Gasteiger partial charge in [0, 0.05) is 13.0 Å². The summed E-state index contributed by atoms with van der Waals surface area (Å²) in [5.74, 6) is 6.54. The summed E-state index contributed by atoms with van der Waals surface area (Å²) in [4.78, 5) is 4.32. The molecule has 14 heavy (non-hydrogen) atoms. The highest BCUT2D eigenvalue weighted by molar-refractivity contribution is 5.84. The summed E-state index contributed by atoms with van der Waals surface area (Å²) < 4.78 is 10.4. The molecular weight excluding hydrogens is 182 g/mol. The van der Waals surface area contributed by atoms with E-state index in [1.807, 2.05) is 0 Å². The van der Waals surface area contributed by atoms with Crippen LogP contribution in [0.3, 0.4) is 0 Å². The third kappa shape index (κ3) is 3.25. The number of nitrogens with two attached hydrogens (primary N) is 1. The van der Waals surface area contributed by atoms with Gasteiger partial charge in [-0.05, 0) is 13.3 Å². The molecule has 0 amide bonds. The van der Waals surface area contributed by atoms with Gasteiger partial charge < -0.3 is 14.9 Å². The molecule has 1 saturated heterocycles. The first-order chi connectivity index (χ1) is 6.77. The van der Waals surface area contributed by atoms with Crippen LogP contribution in [0, 0.1) is 5.92 Å². The average molecular weight is 201 g/mol. The lowest BCUT2D eigenvalue weighted by molar-refractivity contribution is 0.123. The van der Waals surface area contributed by atoms with Crippen molar-refractivity contribution in [2.75, 3.05) is 26.9 Å². The second kappa shape index (κ2) is 5.95. The van der Waals surface area contributed by atoms with Crippen LogP contribution in [-0.2, 0) is 9.47 Å². The summed E-state index contributed by atoms with van der Waals surface area (Å²) in [5.41, 5.74) is 2.64. The first kappa shape index (κ1) is 11.4. The van der Waals surface area contributed by atoms with Gasteiger partial charge in [-0.15, -0.1) is 0 Å². The molecule has 5 nitrogen and oxygen atoms in total. The zero-order chi connectivity index (χ0) is 10.4. The number of hydrazine groups is 1. The van der Waals surface area contributed by atoms with Crippen molar-refractivity contribution >= 4 is 5.84 Å². The molecule has 2 atom stereocenters. The summed E-state index contributed by atoms with van der Waals surface area (Å²) >= 11 is 0. The quantitative estimate of drug-likeness (QED) is 0.219. The van der Waals surface area contributed by atoms with Crippen molar-refractivity contribution in [3.8, 4) is 0 Å². The molecule has 0 spiro atoms. The Balaban J connectivity index is 2.40. The van der Waals surface area contributed by atoms with Gasteiger partial charge in [0.2, 0.25) is 0 Å². The number of nitrogens with one attached hydrogen (secondary N) is 1. The number of hydrogen-bond donors (Lipinski definition) is 2. The van der Waals surface area contributed by atoms with E-state index in [9.17, 15) is 0 Å². The van der Waals surface area contributed by atoms with Gasteiger partial charge in [0.05, 0.1) is 25.9 Å². The Labute approximate surface area is 84.6 Å². The van der Waals surface area contributed by atoms with E-state index < -0.39 is 0 Å². The number of amidine groups is 1. The van der Waals surface area contributed by atoms with Crippen LogP contribution in [0.15, 0.2) is 4.99 Å². The molecule has 0 aromatic rings. The fourth-order valence-corrected chi connectivity index (χ4v) is 1.56. The summed E-state index contributed by atoms with van der Waals surface area (Å²) in [6, 6.07) is 0. The van der Waals surface area contributed by atoms with Gasteiger partial charge >= 0.3 is 0 Å². The zero-order valence-electron chi connectivity index (χ0n) is 8.82. The molecule has 1 aliphatic rings. The number of hydrogen-bond acceptors (Lipinski definition) is 4. The number of aliphatic imine (C=N–C) groups is 1. The second-order valence-electron chi connectivity index (χ2n) is 3.48. The number of rotatable bonds is 4. The highest BCUT2D eigenvalue weighted by atomic mass is 16.5. The average Bonchev–Trinajstić information content (AvgIpc) is 2.60. The summed E-state index contributed by atoms with van der Waals surface area (Å²) in [6.45, 7) is 4.02. The molecule has 1 rings (SSSR count). The largest absolute Gasteiger partial charge is 0.383 e. The topological polar surface area (TPSA) is 68.9 Å². The SMILES string of the molecule is COCCN=C(NN)C1COC(C)C1. The zero-order valence-corrected chi connectivity index (χ0v) is 8.82. The van der Waals surface area contributed by atoms with Gasteiger partial charge in [0.15, 0.2) is 0 Å². The monoisotopic (exact) mass is 201 g/mol. The maximum atomic E-state index is 5.45. The van der Waals surface area contributed by atoms with Crippen LogP contribution in [0.2, 0.25) is 0 Å².